The molecule has 0 aliphatic heterocycles. The van der Waals surface area contributed by atoms with Crippen LogP contribution in [0.4, 0.5) is 0 Å². The first kappa shape index (κ1) is 11.3. The fraction of sp³-hybridized carbons (Fsp3) is 0.273. The molecule has 1 aromatic carbocycles. The van der Waals surface area contributed by atoms with Gasteiger partial charge in [0, 0.05) is 11.0 Å². The maximum atomic E-state index is 4.11. The largest absolute Gasteiger partial charge is 0.314 e. The number of aryl methyl sites for hydroxylation is 1. The summed E-state index contributed by atoms with van der Waals surface area (Å²) in [5, 5.41) is 11.2. The zero-order valence-corrected chi connectivity index (χ0v) is 10.8. The Bertz CT molecular complexity index is 492. The van der Waals surface area contributed by atoms with E-state index >= 15 is 0 Å². The first-order valence-electron chi connectivity index (χ1n) is 5.03. The van der Waals surface area contributed by atoms with Crippen LogP contribution in [0, 0.1) is 6.92 Å². The molecule has 2 aromatic rings. The lowest BCUT2D eigenvalue weighted by Crippen LogP contribution is -2.05. The molecule has 0 aliphatic rings. The van der Waals surface area contributed by atoms with Gasteiger partial charge in [-0.25, -0.2) is 4.68 Å². The van der Waals surface area contributed by atoms with Gasteiger partial charge in [0.15, 0.2) is 0 Å². The Balaban J connectivity index is 2.35. The van der Waals surface area contributed by atoms with E-state index in [2.05, 4.69) is 44.5 Å². The van der Waals surface area contributed by atoms with Gasteiger partial charge in [0.05, 0.1) is 17.6 Å². The van der Waals surface area contributed by atoms with E-state index in [0.29, 0.717) is 0 Å². The number of nitrogens with zero attached hydrogens (tertiary/aromatic N) is 3. The summed E-state index contributed by atoms with van der Waals surface area (Å²) in [7, 11) is 1.89. The molecule has 5 heteroatoms. The SMILES string of the molecule is CNCc1cn(-c2ccc(Br)cc2C)nn1. The highest BCUT2D eigenvalue weighted by Gasteiger charge is 2.04. The molecule has 0 spiro atoms. The van der Waals surface area contributed by atoms with Crippen molar-refractivity contribution in [2.45, 2.75) is 13.5 Å². The summed E-state index contributed by atoms with van der Waals surface area (Å²) in [6.07, 6.45) is 1.94. The molecule has 0 atom stereocenters. The lowest BCUT2D eigenvalue weighted by Gasteiger charge is -2.04. The Kier molecular flexibility index (Phi) is 3.36. The van der Waals surface area contributed by atoms with Crippen LogP contribution in [-0.4, -0.2) is 22.0 Å². The lowest BCUT2D eigenvalue weighted by molar-refractivity contribution is 0.765. The van der Waals surface area contributed by atoms with Gasteiger partial charge in [-0.2, -0.15) is 0 Å². The minimum atomic E-state index is 0.732. The summed E-state index contributed by atoms with van der Waals surface area (Å²) in [6.45, 7) is 2.79. The molecule has 84 valence electrons. The van der Waals surface area contributed by atoms with Gasteiger partial charge in [0.2, 0.25) is 0 Å². The monoisotopic (exact) mass is 280 g/mol. The Morgan fingerprint density at radius 3 is 2.94 bits per heavy atom. The van der Waals surface area contributed by atoms with Crippen LogP contribution < -0.4 is 5.32 Å². The molecule has 0 bridgehead atoms. The van der Waals surface area contributed by atoms with E-state index in [9.17, 15) is 0 Å². The van der Waals surface area contributed by atoms with Gasteiger partial charge in [-0.15, -0.1) is 5.10 Å². The van der Waals surface area contributed by atoms with Crippen LogP contribution in [-0.2, 0) is 6.54 Å². The molecule has 1 aromatic heterocycles. The Labute approximate surface area is 103 Å². The quantitative estimate of drug-likeness (QED) is 0.936. The van der Waals surface area contributed by atoms with E-state index in [1.54, 1.807) is 4.68 Å². The van der Waals surface area contributed by atoms with E-state index in [1.165, 1.54) is 0 Å². The normalized spacial score (nSPS) is 10.7. The summed E-state index contributed by atoms with van der Waals surface area (Å²) in [6, 6.07) is 6.09. The molecule has 0 saturated carbocycles. The average molecular weight is 281 g/mol. The van der Waals surface area contributed by atoms with Gasteiger partial charge in [-0.3, -0.25) is 0 Å². The molecule has 1 heterocycles. The first-order chi connectivity index (χ1) is 7.70. The van der Waals surface area contributed by atoms with E-state index in [0.717, 1.165) is 28.0 Å². The number of benzene rings is 1. The third-order valence-electron chi connectivity index (χ3n) is 2.30. The van der Waals surface area contributed by atoms with Crippen molar-refractivity contribution in [2.75, 3.05) is 7.05 Å². The van der Waals surface area contributed by atoms with Gasteiger partial charge < -0.3 is 5.32 Å². The van der Waals surface area contributed by atoms with Crippen molar-refractivity contribution in [2.24, 2.45) is 0 Å². The second-order valence-electron chi connectivity index (χ2n) is 3.62. The lowest BCUT2D eigenvalue weighted by atomic mass is 10.2. The number of nitrogens with one attached hydrogen (secondary N) is 1. The fourth-order valence-corrected chi connectivity index (χ4v) is 2.03. The summed E-state index contributed by atoms with van der Waals surface area (Å²) in [4.78, 5) is 0. The van der Waals surface area contributed by atoms with Gasteiger partial charge in [0.25, 0.3) is 0 Å². The van der Waals surface area contributed by atoms with Crippen LogP contribution in [0.2, 0.25) is 0 Å². The maximum Gasteiger partial charge on any atom is 0.0969 e. The second kappa shape index (κ2) is 4.76. The molecule has 0 amide bonds. The molecule has 0 radical (unpaired) electrons. The standard InChI is InChI=1S/C11H13BrN4/c1-8-5-9(12)3-4-11(8)16-7-10(6-13-2)14-15-16/h3-5,7,13H,6H2,1-2H3. The molecule has 2 rings (SSSR count). The second-order valence-corrected chi connectivity index (χ2v) is 4.53. The summed E-state index contributed by atoms with van der Waals surface area (Å²) in [5.41, 5.74) is 3.15. The van der Waals surface area contributed by atoms with Gasteiger partial charge in [-0.05, 0) is 37.7 Å². The van der Waals surface area contributed by atoms with E-state index < -0.39 is 0 Å². The molecule has 0 aliphatic carbocycles. The van der Waals surface area contributed by atoms with Crippen LogP contribution in [0.5, 0.6) is 0 Å². The van der Waals surface area contributed by atoms with Gasteiger partial charge >= 0.3 is 0 Å². The van der Waals surface area contributed by atoms with Crippen LogP contribution in [0.1, 0.15) is 11.3 Å². The molecule has 0 saturated heterocycles. The predicted octanol–water partition coefficient (Wildman–Crippen LogP) is 2.06. The minimum Gasteiger partial charge on any atom is -0.314 e. The van der Waals surface area contributed by atoms with Crippen LogP contribution in [0.3, 0.4) is 0 Å². The van der Waals surface area contributed by atoms with E-state index in [1.807, 2.05) is 25.4 Å². The molecule has 0 fully saturated rings. The molecule has 0 unspecified atom stereocenters. The highest BCUT2D eigenvalue weighted by molar-refractivity contribution is 9.10. The number of aromatic nitrogens is 3. The van der Waals surface area contributed by atoms with Crippen molar-refractivity contribution >= 4 is 15.9 Å². The average Bonchev–Trinajstić information content (AvgIpc) is 2.67. The van der Waals surface area contributed by atoms with E-state index in [-0.39, 0.29) is 0 Å². The smallest absolute Gasteiger partial charge is 0.0969 e. The van der Waals surface area contributed by atoms with Crippen LogP contribution in [0.25, 0.3) is 5.69 Å². The third-order valence-corrected chi connectivity index (χ3v) is 2.80. The minimum absolute atomic E-state index is 0.732. The van der Waals surface area contributed by atoms with Crippen molar-refractivity contribution in [1.29, 1.82) is 0 Å². The molecule has 1 N–H and O–H groups in total. The molecular formula is C11H13BrN4. The van der Waals surface area contributed by atoms with Gasteiger partial charge in [-0.1, -0.05) is 21.1 Å². The Morgan fingerprint density at radius 1 is 1.44 bits per heavy atom. The third kappa shape index (κ3) is 2.31. The van der Waals surface area contributed by atoms with Crippen molar-refractivity contribution < 1.29 is 0 Å². The highest BCUT2D eigenvalue weighted by Crippen LogP contribution is 2.18. The van der Waals surface area contributed by atoms with E-state index in [4.69, 9.17) is 0 Å². The summed E-state index contributed by atoms with van der Waals surface area (Å²) >= 11 is 3.44. The Hall–Kier alpha value is -1.20. The topological polar surface area (TPSA) is 42.7 Å². The van der Waals surface area contributed by atoms with Crippen molar-refractivity contribution in [3.63, 3.8) is 0 Å². The maximum absolute atomic E-state index is 4.11. The fourth-order valence-electron chi connectivity index (χ4n) is 1.55. The van der Waals surface area contributed by atoms with Crippen molar-refractivity contribution in [1.82, 2.24) is 20.3 Å². The molecule has 16 heavy (non-hydrogen) atoms. The molecular weight excluding hydrogens is 268 g/mol. The number of hydrogen-bond acceptors (Lipinski definition) is 3. The zero-order valence-electron chi connectivity index (χ0n) is 9.24. The predicted molar refractivity (Wildman–Crippen MR) is 66.6 cm³/mol. The summed E-state index contributed by atoms with van der Waals surface area (Å²) < 4.78 is 2.87. The summed E-state index contributed by atoms with van der Waals surface area (Å²) in [5.74, 6) is 0. The van der Waals surface area contributed by atoms with Crippen molar-refractivity contribution in [3.8, 4) is 5.69 Å². The zero-order chi connectivity index (χ0) is 11.5. The number of hydrogen-bond donors (Lipinski definition) is 1. The molecule has 4 nitrogen and oxygen atoms in total. The Morgan fingerprint density at radius 2 is 2.25 bits per heavy atom. The van der Waals surface area contributed by atoms with Gasteiger partial charge in [0.1, 0.15) is 0 Å². The van der Waals surface area contributed by atoms with Crippen molar-refractivity contribution in [3.05, 3.63) is 40.1 Å². The number of halogens is 1. The first-order valence-corrected chi connectivity index (χ1v) is 5.82. The highest BCUT2D eigenvalue weighted by atomic mass is 79.9. The number of rotatable bonds is 3. The van der Waals surface area contributed by atoms with Crippen LogP contribution in [0.15, 0.2) is 28.9 Å². The van der Waals surface area contributed by atoms with Crippen LogP contribution >= 0.6 is 15.9 Å².